The number of rotatable bonds is 13. The molecule has 6 atom stereocenters. The molecular weight excluding hydrogens is 430 g/mol. The lowest BCUT2D eigenvalue weighted by molar-refractivity contribution is -0.137. The summed E-state index contributed by atoms with van der Waals surface area (Å²) >= 11 is 0. The fourth-order valence-corrected chi connectivity index (χ4v) is 10.4. The van der Waals surface area contributed by atoms with Gasteiger partial charge in [0.05, 0.1) is 12.1 Å². The number of carbonyl (C=O) groups is 1. The standard InChI is InChI=1S/C27H47NO4Si/c1-6-33(7-2,8-3)32-25-13-10-16-27(5)22(14-15-23(25)27)20(4)11-9-12-21(17-26(29)30)24-18-31-19-28-24/h18-23,25H,6-17H2,1-5H3,(H,29,30)/t20?,21-,22?,23+,25+,27-/m0/s1. The maximum absolute atomic E-state index is 11.3. The third kappa shape index (κ3) is 5.92. The quantitative estimate of drug-likeness (QED) is 0.295. The van der Waals surface area contributed by atoms with E-state index in [1.807, 2.05) is 0 Å². The molecule has 0 aliphatic heterocycles. The molecule has 0 amide bonds. The molecule has 0 radical (unpaired) electrons. The van der Waals surface area contributed by atoms with Gasteiger partial charge in [-0.05, 0) is 73.4 Å². The van der Waals surface area contributed by atoms with E-state index in [0.717, 1.165) is 30.9 Å². The van der Waals surface area contributed by atoms with Crippen molar-refractivity contribution in [1.29, 1.82) is 0 Å². The van der Waals surface area contributed by atoms with Gasteiger partial charge in [0.1, 0.15) is 6.26 Å². The fraction of sp³-hybridized carbons (Fsp3) is 0.852. The summed E-state index contributed by atoms with van der Waals surface area (Å²) in [7, 11) is -1.58. The smallest absolute Gasteiger partial charge is 0.304 e. The lowest BCUT2D eigenvalue weighted by atomic mass is 9.61. The number of aromatic nitrogens is 1. The number of nitrogens with zero attached hydrogens (tertiary/aromatic N) is 1. The average molecular weight is 478 g/mol. The molecule has 2 fully saturated rings. The van der Waals surface area contributed by atoms with Gasteiger partial charge < -0.3 is 13.9 Å². The van der Waals surface area contributed by atoms with Crippen LogP contribution in [0.3, 0.4) is 0 Å². The minimum Gasteiger partial charge on any atom is -0.481 e. The Kier molecular flexibility index (Phi) is 9.24. The molecule has 0 aromatic carbocycles. The first-order valence-corrected chi connectivity index (χ1v) is 16.1. The van der Waals surface area contributed by atoms with Crippen LogP contribution in [-0.4, -0.2) is 30.5 Å². The molecule has 2 aliphatic carbocycles. The second kappa shape index (κ2) is 11.5. The molecule has 2 saturated carbocycles. The molecule has 2 unspecified atom stereocenters. The van der Waals surface area contributed by atoms with Crippen LogP contribution >= 0.6 is 0 Å². The maximum Gasteiger partial charge on any atom is 0.304 e. The Bertz CT molecular complexity index is 726. The Hall–Kier alpha value is -1.14. The van der Waals surface area contributed by atoms with Crippen LogP contribution in [-0.2, 0) is 9.22 Å². The zero-order chi connectivity index (χ0) is 24.1. The van der Waals surface area contributed by atoms with Crippen molar-refractivity contribution >= 4 is 14.3 Å². The zero-order valence-electron chi connectivity index (χ0n) is 21.6. The summed E-state index contributed by atoms with van der Waals surface area (Å²) in [5, 5.41) is 9.32. The Labute approximate surface area is 202 Å². The van der Waals surface area contributed by atoms with E-state index in [-0.39, 0.29) is 12.3 Å². The van der Waals surface area contributed by atoms with E-state index in [2.05, 4.69) is 39.6 Å². The van der Waals surface area contributed by atoms with E-state index < -0.39 is 14.3 Å². The number of fused-ring (bicyclic) bond motifs is 1. The summed E-state index contributed by atoms with van der Waals surface area (Å²) in [6.07, 6.45) is 13.2. The van der Waals surface area contributed by atoms with E-state index in [1.165, 1.54) is 56.6 Å². The van der Waals surface area contributed by atoms with Crippen LogP contribution in [0.1, 0.15) is 104 Å². The molecule has 1 N–H and O–H groups in total. The van der Waals surface area contributed by atoms with Gasteiger partial charge in [0, 0.05) is 12.0 Å². The fourth-order valence-electron chi connectivity index (χ4n) is 7.43. The van der Waals surface area contributed by atoms with Crippen molar-refractivity contribution in [2.45, 2.75) is 123 Å². The highest BCUT2D eigenvalue weighted by molar-refractivity contribution is 6.73. The maximum atomic E-state index is 11.3. The minimum absolute atomic E-state index is 0.0527. The summed E-state index contributed by atoms with van der Waals surface area (Å²) in [5.41, 5.74) is 1.17. The Balaban J connectivity index is 1.60. The van der Waals surface area contributed by atoms with Gasteiger partial charge in [-0.25, -0.2) is 4.98 Å². The molecule has 1 aromatic heterocycles. The Morgan fingerprint density at radius 3 is 2.58 bits per heavy atom. The first-order valence-electron chi connectivity index (χ1n) is 13.6. The summed E-state index contributed by atoms with van der Waals surface area (Å²) < 4.78 is 12.2. The van der Waals surface area contributed by atoms with Crippen LogP contribution in [0, 0.1) is 23.2 Å². The topological polar surface area (TPSA) is 72.6 Å². The van der Waals surface area contributed by atoms with Crippen LogP contribution in [0.2, 0.25) is 18.1 Å². The first-order chi connectivity index (χ1) is 15.8. The highest BCUT2D eigenvalue weighted by Gasteiger charge is 2.53. The van der Waals surface area contributed by atoms with Crippen molar-refractivity contribution in [1.82, 2.24) is 4.98 Å². The van der Waals surface area contributed by atoms with Crippen molar-refractivity contribution in [3.63, 3.8) is 0 Å². The number of hydrogen-bond acceptors (Lipinski definition) is 4. The summed E-state index contributed by atoms with van der Waals surface area (Å²) in [6, 6.07) is 3.72. The van der Waals surface area contributed by atoms with Crippen LogP contribution in [0.25, 0.3) is 0 Å². The summed E-state index contributed by atoms with van der Waals surface area (Å²) in [5.74, 6) is 1.31. The van der Waals surface area contributed by atoms with Crippen LogP contribution in [0.4, 0.5) is 0 Å². The van der Waals surface area contributed by atoms with Crippen molar-refractivity contribution in [2.24, 2.45) is 23.2 Å². The third-order valence-corrected chi connectivity index (χ3v) is 14.3. The molecule has 0 bridgehead atoms. The average Bonchev–Trinajstić information content (AvgIpc) is 3.45. The van der Waals surface area contributed by atoms with Gasteiger partial charge in [0.25, 0.3) is 0 Å². The molecular formula is C27H47NO4Si. The van der Waals surface area contributed by atoms with E-state index in [4.69, 9.17) is 8.84 Å². The van der Waals surface area contributed by atoms with Crippen molar-refractivity contribution in [2.75, 3.05) is 0 Å². The monoisotopic (exact) mass is 477 g/mol. The Morgan fingerprint density at radius 2 is 1.97 bits per heavy atom. The summed E-state index contributed by atoms with van der Waals surface area (Å²) in [6.45, 7) is 12.0. The molecule has 0 spiro atoms. The van der Waals surface area contributed by atoms with E-state index >= 15 is 0 Å². The van der Waals surface area contributed by atoms with Crippen LogP contribution < -0.4 is 0 Å². The van der Waals surface area contributed by atoms with Crippen LogP contribution in [0.15, 0.2) is 17.1 Å². The van der Waals surface area contributed by atoms with Gasteiger partial charge in [0.2, 0.25) is 0 Å². The summed E-state index contributed by atoms with van der Waals surface area (Å²) in [4.78, 5) is 15.6. The largest absolute Gasteiger partial charge is 0.481 e. The molecule has 3 rings (SSSR count). The number of aliphatic carboxylic acids is 1. The van der Waals surface area contributed by atoms with Gasteiger partial charge in [-0.3, -0.25) is 4.79 Å². The second-order valence-electron chi connectivity index (χ2n) is 11.2. The van der Waals surface area contributed by atoms with Gasteiger partial charge in [-0.15, -0.1) is 0 Å². The second-order valence-corrected chi connectivity index (χ2v) is 15.9. The van der Waals surface area contributed by atoms with E-state index in [1.54, 1.807) is 6.26 Å². The molecule has 0 saturated heterocycles. The highest BCUT2D eigenvalue weighted by Crippen LogP contribution is 2.59. The number of carboxylic acid groups (broad SMARTS) is 1. The number of oxazole rings is 1. The first kappa shape index (κ1) is 26.5. The van der Waals surface area contributed by atoms with Crippen molar-refractivity contribution in [3.8, 4) is 0 Å². The predicted molar refractivity (Wildman–Crippen MR) is 135 cm³/mol. The molecule has 1 aromatic rings. The normalized spacial score (nSPS) is 29.5. The SMILES string of the molecule is CC[Si](CC)(CC)O[C@@H]1CCC[C@@]2(C)C(C(C)CCC[C@@H](CC(=O)O)c3cocn3)CC[C@H]12. The molecule has 188 valence electrons. The lowest BCUT2D eigenvalue weighted by Crippen LogP contribution is -2.48. The molecule has 2 aliphatic rings. The third-order valence-electron chi connectivity index (χ3n) is 9.66. The molecule has 6 heteroatoms. The molecule has 1 heterocycles. The van der Waals surface area contributed by atoms with Gasteiger partial charge >= 0.3 is 5.97 Å². The number of hydrogen-bond donors (Lipinski definition) is 1. The van der Waals surface area contributed by atoms with Gasteiger partial charge in [0.15, 0.2) is 14.7 Å². The molecule has 5 nitrogen and oxygen atoms in total. The Morgan fingerprint density at radius 1 is 1.24 bits per heavy atom. The predicted octanol–water partition coefficient (Wildman–Crippen LogP) is 7.65. The molecule has 33 heavy (non-hydrogen) atoms. The van der Waals surface area contributed by atoms with Gasteiger partial charge in [-0.2, -0.15) is 0 Å². The van der Waals surface area contributed by atoms with E-state index in [9.17, 15) is 9.90 Å². The van der Waals surface area contributed by atoms with E-state index in [0.29, 0.717) is 23.4 Å². The highest BCUT2D eigenvalue weighted by atomic mass is 28.4. The lowest BCUT2D eigenvalue weighted by Gasteiger charge is -2.49. The van der Waals surface area contributed by atoms with Crippen molar-refractivity contribution in [3.05, 3.63) is 18.4 Å². The minimum atomic E-state index is -1.58. The van der Waals surface area contributed by atoms with Gasteiger partial charge in [-0.1, -0.05) is 53.9 Å². The van der Waals surface area contributed by atoms with Crippen molar-refractivity contribution < 1.29 is 18.7 Å². The number of carboxylic acids is 1. The van der Waals surface area contributed by atoms with Crippen LogP contribution in [0.5, 0.6) is 0 Å². The zero-order valence-corrected chi connectivity index (χ0v) is 22.6.